The van der Waals surface area contributed by atoms with Gasteiger partial charge in [0.05, 0.1) is 6.54 Å². The first-order valence-corrected chi connectivity index (χ1v) is 7.21. The number of rotatable bonds is 4. The number of amides is 1. The molecule has 0 bridgehead atoms. The van der Waals surface area contributed by atoms with Crippen LogP contribution in [0, 0.1) is 6.92 Å². The van der Waals surface area contributed by atoms with Crippen molar-refractivity contribution in [3.05, 3.63) is 72.0 Å². The number of benzene rings is 2. The van der Waals surface area contributed by atoms with Gasteiger partial charge in [0, 0.05) is 17.3 Å². The van der Waals surface area contributed by atoms with E-state index in [0.29, 0.717) is 17.1 Å². The summed E-state index contributed by atoms with van der Waals surface area (Å²) in [6.45, 7) is 2.13. The number of nitrogens with zero attached hydrogens (tertiary/aromatic N) is 2. The third kappa shape index (κ3) is 3.40. The Bertz CT molecular complexity index is 795. The van der Waals surface area contributed by atoms with Gasteiger partial charge < -0.3 is 9.63 Å². The summed E-state index contributed by atoms with van der Waals surface area (Å²) in [7, 11) is 0. The number of carbonyl (C=O) groups is 1. The van der Waals surface area contributed by atoms with Gasteiger partial charge in [-0.15, -0.1) is 0 Å². The summed E-state index contributed by atoms with van der Waals surface area (Å²) in [5.41, 5.74) is 3.39. The Morgan fingerprint density at radius 3 is 2.48 bits per heavy atom. The van der Waals surface area contributed by atoms with Crippen LogP contribution >= 0.6 is 0 Å². The van der Waals surface area contributed by atoms with Crippen LogP contribution in [0.5, 0.6) is 0 Å². The summed E-state index contributed by atoms with van der Waals surface area (Å²) in [4.78, 5) is 12.7. The maximum Gasteiger partial charge on any atom is 0.412 e. The van der Waals surface area contributed by atoms with E-state index in [1.165, 1.54) is 10.5 Å². The van der Waals surface area contributed by atoms with Crippen molar-refractivity contribution in [1.82, 2.24) is 5.16 Å². The van der Waals surface area contributed by atoms with Gasteiger partial charge in [-0.05, 0) is 19.1 Å². The third-order valence-electron chi connectivity index (χ3n) is 3.52. The lowest BCUT2D eigenvalue weighted by atomic mass is 10.1. The molecular formula is C18H16N2O3. The zero-order chi connectivity index (χ0) is 16.2. The van der Waals surface area contributed by atoms with E-state index in [1.807, 2.05) is 37.3 Å². The van der Waals surface area contributed by atoms with Crippen LogP contribution in [0.3, 0.4) is 0 Å². The lowest BCUT2D eigenvalue weighted by molar-refractivity contribution is 0.200. The van der Waals surface area contributed by atoms with Gasteiger partial charge in [-0.25, -0.2) is 4.79 Å². The second kappa shape index (κ2) is 6.36. The zero-order valence-electron chi connectivity index (χ0n) is 12.6. The molecule has 0 unspecified atom stereocenters. The Balaban J connectivity index is 1.82. The van der Waals surface area contributed by atoms with Crippen LogP contribution in [-0.4, -0.2) is 16.4 Å². The number of hydrogen-bond acceptors (Lipinski definition) is 3. The van der Waals surface area contributed by atoms with E-state index in [0.717, 1.165) is 5.56 Å². The van der Waals surface area contributed by atoms with E-state index in [-0.39, 0.29) is 6.54 Å². The van der Waals surface area contributed by atoms with Gasteiger partial charge in [0.2, 0.25) is 0 Å². The molecule has 0 fully saturated rings. The predicted octanol–water partition coefficient (Wildman–Crippen LogP) is 4.33. The fourth-order valence-electron chi connectivity index (χ4n) is 2.28. The quantitative estimate of drug-likeness (QED) is 0.778. The minimum atomic E-state index is -1.04. The molecule has 1 N–H and O–H groups in total. The normalized spacial score (nSPS) is 10.5. The summed E-state index contributed by atoms with van der Waals surface area (Å²) in [6.07, 6.45) is -1.04. The van der Waals surface area contributed by atoms with Crippen LogP contribution in [-0.2, 0) is 6.54 Å². The molecule has 23 heavy (non-hydrogen) atoms. The van der Waals surface area contributed by atoms with Gasteiger partial charge in [-0.3, -0.25) is 4.90 Å². The zero-order valence-corrected chi connectivity index (χ0v) is 12.6. The monoisotopic (exact) mass is 308 g/mol. The minimum absolute atomic E-state index is 0.109. The van der Waals surface area contributed by atoms with E-state index in [2.05, 4.69) is 5.16 Å². The van der Waals surface area contributed by atoms with Gasteiger partial charge >= 0.3 is 6.09 Å². The van der Waals surface area contributed by atoms with Crippen molar-refractivity contribution >= 4 is 11.8 Å². The number of carboxylic acid groups (broad SMARTS) is 1. The average molecular weight is 308 g/mol. The van der Waals surface area contributed by atoms with Crippen molar-refractivity contribution < 1.29 is 14.4 Å². The van der Waals surface area contributed by atoms with Crippen LogP contribution in [0.4, 0.5) is 10.5 Å². The fraction of sp³-hybridized carbons (Fsp3) is 0.111. The van der Waals surface area contributed by atoms with Crippen molar-refractivity contribution in [3.8, 4) is 11.3 Å². The molecule has 5 heteroatoms. The number of aromatic nitrogens is 1. The van der Waals surface area contributed by atoms with E-state index in [4.69, 9.17) is 4.52 Å². The van der Waals surface area contributed by atoms with Crippen molar-refractivity contribution in [3.63, 3.8) is 0 Å². The van der Waals surface area contributed by atoms with E-state index in [9.17, 15) is 9.90 Å². The Hall–Kier alpha value is -3.08. The molecule has 1 amide bonds. The summed E-state index contributed by atoms with van der Waals surface area (Å²) in [5, 5.41) is 13.4. The fourth-order valence-corrected chi connectivity index (χ4v) is 2.28. The van der Waals surface area contributed by atoms with Crippen molar-refractivity contribution in [2.45, 2.75) is 13.5 Å². The van der Waals surface area contributed by atoms with E-state index >= 15 is 0 Å². The summed E-state index contributed by atoms with van der Waals surface area (Å²) >= 11 is 0. The van der Waals surface area contributed by atoms with Crippen LogP contribution in [0.15, 0.2) is 65.2 Å². The molecule has 3 aromatic rings. The van der Waals surface area contributed by atoms with Gasteiger partial charge in [-0.1, -0.05) is 53.2 Å². The van der Waals surface area contributed by atoms with Gasteiger partial charge in [0.15, 0.2) is 5.76 Å². The maximum atomic E-state index is 11.5. The SMILES string of the molecule is Cc1ccc(-c2cc(CN(C(=O)O)c3ccccc3)on2)cc1. The molecule has 5 nitrogen and oxygen atoms in total. The second-order valence-corrected chi connectivity index (χ2v) is 5.25. The highest BCUT2D eigenvalue weighted by molar-refractivity contribution is 5.85. The Morgan fingerprint density at radius 1 is 1.13 bits per heavy atom. The molecule has 0 spiro atoms. The highest BCUT2D eigenvalue weighted by Gasteiger charge is 2.17. The van der Waals surface area contributed by atoms with E-state index < -0.39 is 6.09 Å². The van der Waals surface area contributed by atoms with Crippen molar-refractivity contribution in [1.29, 1.82) is 0 Å². The first-order valence-electron chi connectivity index (χ1n) is 7.21. The van der Waals surface area contributed by atoms with Crippen LogP contribution in [0.25, 0.3) is 11.3 Å². The lowest BCUT2D eigenvalue weighted by Crippen LogP contribution is -2.28. The molecule has 1 aromatic heterocycles. The highest BCUT2D eigenvalue weighted by Crippen LogP contribution is 2.22. The van der Waals surface area contributed by atoms with Gasteiger partial charge in [0.25, 0.3) is 0 Å². The highest BCUT2D eigenvalue weighted by atomic mass is 16.5. The molecule has 3 rings (SSSR count). The summed E-state index contributed by atoms with van der Waals surface area (Å²) in [6, 6.07) is 18.6. The summed E-state index contributed by atoms with van der Waals surface area (Å²) in [5.74, 6) is 0.492. The largest absolute Gasteiger partial charge is 0.465 e. The molecule has 0 aliphatic rings. The summed E-state index contributed by atoms with van der Waals surface area (Å²) < 4.78 is 5.30. The average Bonchev–Trinajstić information content (AvgIpc) is 3.02. The van der Waals surface area contributed by atoms with Gasteiger partial charge in [-0.2, -0.15) is 0 Å². The van der Waals surface area contributed by atoms with Crippen molar-refractivity contribution in [2.24, 2.45) is 0 Å². The standard InChI is InChI=1S/C18H16N2O3/c1-13-7-9-14(10-8-13)17-11-16(23-19-17)12-20(18(21)22)15-5-3-2-4-6-15/h2-11H,12H2,1H3,(H,21,22). The molecule has 0 saturated carbocycles. The smallest absolute Gasteiger partial charge is 0.412 e. The Kier molecular flexibility index (Phi) is 4.10. The molecule has 116 valence electrons. The lowest BCUT2D eigenvalue weighted by Gasteiger charge is -2.17. The molecule has 0 saturated heterocycles. The number of anilines is 1. The first kappa shape index (κ1) is 14.8. The molecule has 0 aliphatic heterocycles. The van der Waals surface area contributed by atoms with E-state index in [1.54, 1.807) is 30.3 Å². The first-order chi connectivity index (χ1) is 11.1. The van der Waals surface area contributed by atoms with Crippen LogP contribution in [0.1, 0.15) is 11.3 Å². The molecule has 1 heterocycles. The molecule has 0 radical (unpaired) electrons. The van der Waals surface area contributed by atoms with Gasteiger partial charge in [0.1, 0.15) is 5.69 Å². The third-order valence-corrected chi connectivity index (χ3v) is 3.52. The molecule has 2 aromatic carbocycles. The van der Waals surface area contributed by atoms with Crippen LogP contribution in [0.2, 0.25) is 0 Å². The van der Waals surface area contributed by atoms with Crippen LogP contribution < -0.4 is 4.90 Å². The number of para-hydroxylation sites is 1. The molecule has 0 aliphatic carbocycles. The maximum absolute atomic E-state index is 11.5. The topological polar surface area (TPSA) is 66.6 Å². The predicted molar refractivity (Wildman–Crippen MR) is 87.3 cm³/mol. The minimum Gasteiger partial charge on any atom is -0.465 e. The number of aryl methyl sites for hydroxylation is 1. The Morgan fingerprint density at radius 2 is 1.83 bits per heavy atom. The number of hydrogen-bond donors (Lipinski definition) is 1. The van der Waals surface area contributed by atoms with Crippen molar-refractivity contribution in [2.75, 3.05) is 4.90 Å². The molecular weight excluding hydrogens is 292 g/mol. The molecule has 0 atom stereocenters. The second-order valence-electron chi connectivity index (χ2n) is 5.25. The Labute approximate surface area is 133 Å².